The second-order valence-electron chi connectivity index (χ2n) is 10.7. The second-order valence-corrected chi connectivity index (χ2v) is 13.4. The van der Waals surface area contributed by atoms with Gasteiger partial charge in [-0.25, -0.2) is 8.42 Å². The van der Waals surface area contributed by atoms with Crippen molar-refractivity contribution in [2.75, 3.05) is 74.8 Å². The number of guanidine groups is 1. The molecule has 0 aliphatic carbocycles. The number of rotatable bonds is 22. The van der Waals surface area contributed by atoms with Gasteiger partial charge in [-0.3, -0.25) is 19.4 Å². The highest BCUT2D eigenvalue weighted by molar-refractivity contribution is 7.89. The van der Waals surface area contributed by atoms with Gasteiger partial charge in [-0.05, 0) is 54.8 Å². The molecule has 2 aromatic rings. The number of carbonyl (C=O) groups excluding carboxylic acids is 2. The summed E-state index contributed by atoms with van der Waals surface area (Å²) >= 11 is 11.7. The summed E-state index contributed by atoms with van der Waals surface area (Å²) in [6.07, 6.45) is 1.45. The van der Waals surface area contributed by atoms with Gasteiger partial charge in [-0.2, -0.15) is 10.2 Å². The van der Waals surface area contributed by atoms with E-state index in [0.29, 0.717) is 50.2 Å². The Kier molecular flexibility index (Phi) is 17.2. The van der Waals surface area contributed by atoms with Crippen LogP contribution in [0.4, 0.5) is 5.69 Å². The van der Waals surface area contributed by atoms with E-state index in [1.54, 1.807) is 12.1 Å². The molecule has 0 spiro atoms. The minimum absolute atomic E-state index is 0.0485. The zero-order chi connectivity index (χ0) is 35.5. The SMILES string of the molecule is O=C(CCc1ccc(N(CCCl)CCCl)cc1)ONCCS(=O)(=O)NC(CNC(=O)c1ccc(OCCNC2=NCCCN2)cc1)C(=O)O. The lowest BCUT2D eigenvalue weighted by molar-refractivity contribution is -0.150. The van der Waals surface area contributed by atoms with Crippen LogP contribution in [0.1, 0.15) is 28.8 Å². The number of aliphatic imine (C=N–C) groups is 1. The topological polar surface area (TPSA) is 200 Å². The predicted molar refractivity (Wildman–Crippen MR) is 188 cm³/mol. The molecule has 0 fully saturated rings. The van der Waals surface area contributed by atoms with Crippen molar-refractivity contribution < 1.29 is 37.5 Å². The Balaban J connectivity index is 1.33. The number of benzene rings is 2. The molecule has 0 saturated heterocycles. The summed E-state index contributed by atoms with van der Waals surface area (Å²) in [6, 6.07) is 12.2. The van der Waals surface area contributed by atoms with Gasteiger partial charge in [0.2, 0.25) is 10.0 Å². The molecule has 0 bridgehead atoms. The van der Waals surface area contributed by atoms with Gasteiger partial charge >= 0.3 is 11.9 Å². The van der Waals surface area contributed by atoms with Crippen molar-refractivity contribution in [3.05, 3.63) is 59.7 Å². The Morgan fingerprint density at radius 1 is 1.02 bits per heavy atom. The fourth-order valence-corrected chi connectivity index (χ4v) is 5.99. The number of carboxylic acid groups (broad SMARTS) is 1. The highest BCUT2D eigenvalue weighted by Crippen LogP contribution is 2.17. The molecule has 3 rings (SSSR count). The van der Waals surface area contributed by atoms with Crippen LogP contribution < -0.4 is 35.8 Å². The summed E-state index contributed by atoms with van der Waals surface area (Å²) in [5.41, 5.74) is 4.41. The van der Waals surface area contributed by atoms with E-state index < -0.39 is 46.2 Å². The number of carbonyl (C=O) groups is 3. The normalized spacial score (nSPS) is 13.4. The van der Waals surface area contributed by atoms with Crippen molar-refractivity contribution in [1.82, 2.24) is 26.2 Å². The van der Waals surface area contributed by atoms with E-state index in [-0.39, 0.29) is 18.5 Å². The Morgan fingerprint density at radius 2 is 1.73 bits per heavy atom. The molecule has 15 nitrogen and oxygen atoms in total. The molecule has 2 aromatic carbocycles. The van der Waals surface area contributed by atoms with Gasteiger partial charge < -0.3 is 35.5 Å². The molecule has 0 aromatic heterocycles. The van der Waals surface area contributed by atoms with Gasteiger partial charge in [0, 0.05) is 62.3 Å². The van der Waals surface area contributed by atoms with Gasteiger partial charge in [0.05, 0.1) is 18.7 Å². The van der Waals surface area contributed by atoms with Crippen LogP contribution in [0.2, 0.25) is 0 Å². The third kappa shape index (κ3) is 15.1. The van der Waals surface area contributed by atoms with E-state index in [1.807, 2.05) is 29.0 Å². The first-order valence-corrected chi connectivity index (χ1v) is 18.5. The first kappa shape index (κ1) is 39.6. The second kappa shape index (κ2) is 21.3. The summed E-state index contributed by atoms with van der Waals surface area (Å²) < 4.78 is 32.7. The molecule has 1 atom stereocenters. The lowest BCUT2D eigenvalue weighted by Crippen LogP contribution is -2.49. The molecule has 0 saturated carbocycles. The first-order chi connectivity index (χ1) is 23.6. The molecule has 18 heteroatoms. The zero-order valence-electron chi connectivity index (χ0n) is 27.0. The van der Waals surface area contributed by atoms with Crippen molar-refractivity contribution in [1.29, 1.82) is 0 Å². The van der Waals surface area contributed by atoms with Crippen LogP contribution in [0.3, 0.4) is 0 Å². The van der Waals surface area contributed by atoms with Crippen LogP contribution in [-0.2, 0) is 30.9 Å². The lowest BCUT2D eigenvalue weighted by atomic mass is 10.1. The number of anilines is 1. The number of sulfonamides is 1. The minimum atomic E-state index is -4.12. The summed E-state index contributed by atoms with van der Waals surface area (Å²) in [6.45, 7) is 3.07. The molecule has 0 radical (unpaired) electrons. The minimum Gasteiger partial charge on any atom is -0.492 e. The van der Waals surface area contributed by atoms with Crippen LogP contribution in [0, 0.1) is 0 Å². The molecule has 1 amide bonds. The van der Waals surface area contributed by atoms with Crippen molar-refractivity contribution >= 4 is 62.7 Å². The number of hydrogen-bond donors (Lipinski definition) is 6. The Morgan fingerprint density at radius 3 is 2.37 bits per heavy atom. The maximum atomic E-state index is 12.6. The van der Waals surface area contributed by atoms with Crippen LogP contribution in [0.25, 0.3) is 0 Å². The summed E-state index contributed by atoms with van der Waals surface area (Å²) in [5, 5.41) is 18.2. The first-order valence-electron chi connectivity index (χ1n) is 15.7. The fourth-order valence-electron chi connectivity index (χ4n) is 4.50. The molecule has 1 aliphatic rings. The molecule has 6 N–H and O–H groups in total. The predicted octanol–water partition coefficient (Wildman–Crippen LogP) is 1.07. The lowest BCUT2D eigenvalue weighted by Gasteiger charge is -2.23. The van der Waals surface area contributed by atoms with Gasteiger partial charge in [0.1, 0.15) is 18.4 Å². The number of ether oxygens (including phenoxy) is 1. The Labute approximate surface area is 296 Å². The van der Waals surface area contributed by atoms with E-state index in [4.69, 9.17) is 32.8 Å². The van der Waals surface area contributed by atoms with Gasteiger partial charge in [-0.1, -0.05) is 12.1 Å². The summed E-state index contributed by atoms with van der Waals surface area (Å²) in [7, 11) is -4.12. The zero-order valence-corrected chi connectivity index (χ0v) is 29.3. The largest absolute Gasteiger partial charge is 0.492 e. The maximum Gasteiger partial charge on any atom is 0.325 e. The number of nitrogens with one attached hydrogen (secondary N) is 5. The van der Waals surface area contributed by atoms with E-state index in [0.717, 1.165) is 36.7 Å². The highest BCUT2D eigenvalue weighted by atomic mass is 35.5. The van der Waals surface area contributed by atoms with Crippen molar-refractivity contribution in [3.63, 3.8) is 0 Å². The standard InChI is InChI=1S/C31H43Cl2N7O8S/c32-12-18-40(19-13-33)25-7-2-23(3-8-25)4-11-28(41)48-38-17-21-49(45,46)39-27(30(43)44)22-37-29(42)24-5-9-26(10-6-24)47-20-16-36-31-34-14-1-15-35-31/h2-3,5-10,27,38-39H,1,4,11-22H2,(H,37,42)(H,43,44)(H2,34,35,36). The number of carboxylic acids is 1. The fraction of sp³-hybridized carbons (Fsp3) is 0.484. The number of aliphatic carboxylic acids is 1. The molecular weight excluding hydrogens is 701 g/mol. The monoisotopic (exact) mass is 743 g/mol. The van der Waals surface area contributed by atoms with E-state index >= 15 is 0 Å². The maximum absolute atomic E-state index is 12.6. The van der Waals surface area contributed by atoms with E-state index in [1.165, 1.54) is 12.1 Å². The average Bonchev–Trinajstić information content (AvgIpc) is 3.10. The highest BCUT2D eigenvalue weighted by Gasteiger charge is 2.25. The van der Waals surface area contributed by atoms with Gasteiger partial charge in [0.25, 0.3) is 5.91 Å². The van der Waals surface area contributed by atoms with Crippen LogP contribution in [0.15, 0.2) is 53.5 Å². The number of alkyl halides is 2. The molecule has 1 unspecified atom stereocenters. The molecule has 270 valence electrons. The van der Waals surface area contributed by atoms with Crippen molar-refractivity contribution in [2.24, 2.45) is 4.99 Å². The van der Waals surface area contributed by atoms with Gasteiger partial charge in [-0.15, -0.1) is 23.2 Å². The summed E-state index contributed by atoms with van der Waals surface area (Å²) in [4.78, 5) is 47.7. The smallest absolute Gasteiger partial charge is 0.325 e. The van der Waals surface area contributed by atoms with Crippen LogP contribution in [0.5, 0.6) is 5.75 Å². The number of nitrogens with zero attached hydrogens (tertiary/aromatic N) is 2. The van der Waals surface area contributed by atoms with Crippen molar-refractivity contribution in [3.8, 4) is 5.75 Å². The quantitative estimate of drug-likeness (QED) is 0.0571. The van der Waals surface area contributed by atoms with E-state index in [2.05, 4.69) is 31.3 Å². The number of hydroxylamine groups is 1. The van der Waals surface area contributed by atoms with E-state index in [9.17, 15) is 27.9 Å². The third-order valence-corrected chi connectivity index (χ3v) is 8.77. The van der Waals surface area contributed by atoms with Crippen LogP contribution >= 0.6 is 23.2 Å². The summed E-state index contributed by atoms with van der Waals surface area (Å²) in [5.74, 6) is -1.04. The number of amides is 1. The number of hydrogen-bond acceptors (Lipinski definition) is 12. The number of halogens is 2. The average molecular weight is 745 g/mol. The number of aryl methyl sites for hydroxylation is 1. The Bertz CT molecular complexity index is 1480. The Hall–Kier alpha value is -3.83. The molecular formula is C31H43Cl2N7O8S. The third-order valence-electron chi connectivity index (χ3n) is 7.05. The molecule has 49 heavy (non-hydrogen) atoms. The molecule has 1 aliphatic heterocycles. The van der Waals surface area contributed by atoms with Crippen LogP contribution in [-0.4, -0.2) is 113 Å². The molecule has 1 heterocycles. The van der Waals surface area contributed by atoms with Crippen molar-refractivity contribution in [2.45, 2.75) is 25.3 Å². The van der Waals surface area contributed by atoms with Gasteiger partial charge in [0.15, 0.2) is 5.96 Å².